The van der Waals surface area contributed by atoms with Crippen LogP contribution in [0.3, 0.4) is 0 Å². The molecule has 1 aliphatic heterocycles. The van der Waals surface area contributed by atoms with Gasteiger partial charge in [-0.25, -0.2) is 0 Å². The number of rotatable bonds is 6. The van der Waals surface area contributed by atoms with Gasteiger partial charge in [0.25, 0.3) is 8.32 Å². The standard InChI is InChI=1S/C26H37NO3Si/c1-24(2,3)31(22-12-8-6-9-13-22,23-14-10-7-11-15-23)30-21-16-25(20-27-17-21)18-26(19-25,28-4)29-5/h6-15,21,27H,16-20H2,1-5H3. The average Bonchev–Trinajstić information content (AvgIpc) is 2.76. The summed E-state index contributed by atoms with van der Waals surface area (Å²) in [5.74, 6) is -0.430. The maximum atomic E-state index is 7.38. The Morgan fingerprint density at radius 2 is 1.39 bits per heavy atom. The molecule has 0 radical (unpaired) electrons. The molecule has 5 heteroatoms. The van der Waals surface area contributed by atoms with Gasteiger partial charge in [0.15, 0.2) is 5.79 Å². The van der Waals surface area contributed by atoms with Crippen molar-refractivity contribution in [3.63, 3.8) is 0 Å². The van der Waals surface area contributed by atoms with Gasteiger partial charge in [-0.15, -0.1) is 0 Å². The van der Waals surface area contributed by atoms with Crippen molar-refractivity contribution in [1.29, 1.82) is 0 Å². The van der Waals surface area contributed by atoms with E-state index in [1.807, 2.05) is 0 Å². The fourth-order valence-electron chi connectivity index (χ4n) is 5.88. The fourth-order valence-corrected chi connectivity index (χ4v) is 10.6. The van der Waals surface area contributed by atoms with Crippen LogP contribution < -0.4 is 15.7 Å². The van der Waals surface area contributed by atoms with Crippen molar-refractivity contribution in [1.82, 2.24) is 5.32 Å². The Morgan fingerprint density at radius 3 is 1.84 bits per heavy atom. The lowest BCUT2D eigenvalue weighted by atomic mass is 9.60. The zero-order valence-electron chi connectivity index (χ0n) is 19.6. The molecule has 1 aliphatic carbocycles. The Bertz CT molecular complexity index is 814. The quantitative estimate of drug-likeness (QED) is 0.550. The molecule has 0 bridgehead atoms. The van der Waals surface area contributed by atoms with E-state index in [1.54, 1.807) is 14.2 Å². The van der Waals surface area contributed by atoms with Crippen LogP contribution >= 0.6 is 0 Å². The van der Waals surface area contributed by atoms with Crippen molar-refractivity contribution < 1.29 is 13.9 Å². The van der Waals surface area contributed by atoms with Crippen LogP contribution in [0.1, 0.15) is 40.0 Å². The van der Waals surface area contributed by atoms with Crippen LogP contribution in [0.15, 0.2) is 60.7 Å². The minimum atomic E-state index is -2.54. The molecular weight excluding hydrogens is 402 g/mol. The van der Waals surface area contributed by atoms with Gasteiger partial charge in [0.1, 0.15) is 0 Å². The first-order chi connectivity index (χ1) is 14.8. The van der Waals surface area contributed by atoms with Crippen LogP contribution in [0.4, 0.5) is 0 Å². The van der Waals surface area contributed by atoms with Gasteiger partial charge >= 0.3 is 0 Å². The molecule has 168 valence electrons. The lowest BCUT2D eigenvalue weighted by Crippen LogP contribution is -2.70. The highest BCUT2D eigenvalue weighted by atomic mass is 28.4. The third-order valence-corrected chi connectivity index (χ3v) is 12.4. The van der Waals surface area contributed by atoms with E-state index in [2.05, 4.69) is 86.8 Å². The minimum absolute atomic E-state index is 0.0112. The summed E-state index contributed by atoms with van der Waals surface area (Å²) in [5.41, 5.74) is 0.181. The number of hydrogen-bond acceptors (Lipinski definition) is 4. The van der Waals surface area contributed by atoms with Gasteiger partial charge in [0.2, 0.25) is 0 Å². The van der Waals surface area contributed by atoms with Crippen LogP contribution in [0.25, 0.3) is 0 Å². The van der Waals surface area contributed by atoms with Crippen LogP contribution in [-0.2, 0) is 13.9 Å². The Kier molecular flexibility index (Phi) is 6.18. The fraction of sp³-hybridized carbons (Fsp3) is 0.538. The van der Waals surface area contributed by atoms with Crippen LogP contribution in [0, 0.1) is 5.41 Å². The van der Waals surface area contributed by atoms with Gasteiger partial charge in [0.05, 0.1) is 6.10 Å². The molecule has 1 unspecified atom stereocenters. The Labute approximate surface area is 188 Å². The largest absolute Gasteiger partial charge is 0.403 e. The summed E-state index contributed by atoms with van der Waals surface area (Å²) in [6.07, 6.45) is 3.03. The highest BCUT2D eigenvalue weighted by molar-refractivity contribution is 6.99. The van der Waals surface area contributed by atoms with E-state index >= 15 is 0 Å². The van der Waals surface area contributed by atoms with Crippen molar-refractivity contribution in [3.8, 4) is 0 Å². The predicted octanol–water partition coefficient (Wildman–Crippen LogP) is 3.69. The highest BCUT2D eigenvalue weighted by Crippen LogP contribution is 2.54. The topological polar surface area (TPSA) is 39.7 Å². The summed E-state index contributed by atoms with van der Waals surface area (Å²) in [6.45, 7) is 8.92. The molecule has 1 atom stereocenters. The molecule has 4 rings (SSSR count). The van der Waals surface area contributed by atoms with Gasteiger partial charge in [-0.05, 0) is 27.2 Å². The molecule has 1 spiro atoms. The maximum Gasteiger partial charge on any atom is 0.261 e. The van der Waals surface area contributed by atoms with Crippen molar-refractivity contribution in [2.75, 3.05) is 27.3 Å². The molecule has 1 saturated carbocycles. The molecule has 2 aliphatic rings. The third kappa shape index (κ3) is 4.03. The first kappa shape index (κ1) is 22.7. The van der Waals surface area contributed by atoms with E-state index in [1.165, 1.54) is 10.4 Å². The van der Waals surface area contributed by atoms with Crippen LogP contribution in [-0.4, -0.2) is 47.5 Å². The molecule has 2 fully saturated rings. The third-order valence-electron chi connectivity index (χ3n) is 7.33. The van der Waals surface area contributed by atoms with Gasteiger partial charge in [-0.3, -0.25) is 0 Å². The monoisotopic (exact) mass is 439 g/mol. The summed E-state index contributed by atoms with van der Waals surface area (Å²) in [6, 6.07) is 21.8. The SMILES string of the molecule is COC1(OC)CC2(CNCC(O[Si](c3ccccc3)(c3ccccc3)C(C)(C)C)C2)C1. The predicted molar refractivity (Wildman–Crippen MR) is 128 cm³/mol. The molecule has 4 nitrogen and oxygen atoms in total. The normalized spacial score (nSPS) is 22.8. The number of methoxy groups -OCH3 is 2. The van der Waals surface area contributed by atoms with Crippen LogP contribution in [0.5, 0.6) is 0 Å². The maximum absolute atomic E-state index is 7.38. The van der Waals surface area contributed by atoms with Gasteiger partial charge in [-0.1, -0.05) is 81.4 Å². The molecule has 2 aromatic carbocycles. The smallest absolute Gasteiger partial charge is 0.261 e. The van der Waals surface area contributed by atoms with Crippen LogP contribution in [0.2, 0.25) is 5.04 Å². The van der Waals surface area contributed by atoms with Crippen molar-refractivity contribution in [3.05, 3.63) is 60.7 Å². The van der Waals surface area contributed by atoms with Crippen molar-refractivity contribution >= 4 is 18.7 Å². The molecule has 1 saturated heterocycles. The van der Waals surface area contributed by atoms with E-state index in [0.29, 0.717) is 0 Å². The zero-order valence-corrected chi connectivity index (χ0v) is 20.6. The summed E-state index contributed by atoms with van der Waals surface area (Å²) in [5, 5.41) is 6.34. The molecule has 1 heterocycles. The molecule has 1 N–H and O–H groups in total. The number of piperidine rings is 1. The number of benzene rings is 2. The number of hydrogen-bond donors (Lipinski definition) is 1. The summed E-state index contributed by atoms with van der Waals surface area (Å²) < 4.78 is 18.8. The van der Waals surface area contributed by atoms with E-state index < -0.39 is 14.1 Å². The Balaban J connectivity index is 1.69. The van der Waals surface area contributed by atoms with Gasteiger partial charge in [-0.2, -0.15) is 0 Å². The molecule has 2 aromatic rings. The molecular formula is C26H37NO3Si. The lowest BCUT2D eigenvalue weighted by molar-refractivity contribution is -0.302. The molecule has 31 heavy (non-hydrogen) atoms. The zero-order chi connectivity index (χ0) is 22.2. The lowest BCUT2D eigenvalue weighted by Gasteiger charge is -2.58. The first-order valence-corrected chi connectivity index (χ1v) is 13.3. The second-order valence-electron chi connectivity index (χ2n) is 10.4. The number of nitrogens with one attached hydrogen (secondary N) is 1. The van der Waals surface area contributed by atoms with E-state index in [-0.39, 0.29) is 16.6 Å². The number of ether oxygens (including phenoxy) is 2. The summed E-state index contributed by atoms with van der Waals surface area (Å²) >= 11 is 0. The Hall–Kier alpha value is -1.50. The molecule has 0 aromatic heterocycles. The van der Waals surface area contributed by atoms with E-state index in [4.69, 9.17) is 13.9 Å². The average molecular weight is 440 g/mol. The second-order valence-corrected chi connectivity index (χ2v) is 14.7. The van der Waals surface area contributed by atoms with Gasteiger partial charge in [0, 0.05) is 40.2 Å². The first-order valence-electron chi connectivity index (χ1n) is 11.4. The van der Waals surface area contributed by atoms with Crippen molar-refractivity contribution in [2.45, 2.75) is 57.0 Å². The van der Waals surface area contributed by atoms with Crippen molar-refractivity contribution in [2.24, 2.45) is 5.41 Å². The van der Waals surface area contributed by atoms with E-state index in [9.17, 15) is 0 Å². The minimum Gasteiger partial charge on any atom is -0.403 e. The summed E-state index contributed by atoms with van der Waals surface area (Å²) in [7, 11) is 0.963. The Morgan fingerprint density at radius 1 is 0.871 bits per heavy atom. The van der Waals surface area contributed by atoms with E-state index in [0.717, 1.165) is 32.4 Å². The molecule has 0 amide bonds. The second kappa shape index (κ2) is 8.45. The highest BCUT2D eigenvalue weighted by Gasteiger charge is 2.59. The summed E-state index contributed by atoms with van der Waals surface area (Å²) in [4.78, 5) is 0. The van der Waals surface area contributed by atoms with Gasteiger partial charge < -0.3 is 19.2 Å².